The van der Waals surface area contributed by atoms with Crippen LogP contribution in [0.5, 0.6) is 0 Å². The van der Waals surface area contributed by atoms with E-state index in [1.54, 1.807) is 24.2 Å². The van der Waals surface area contributed by atoms with Crippen LogP contribution in [0.3, 0.4) is 0 Å². The van der Waals surface area contributed by atoms with Crippen molar-refractivity contribution in [1.82, 2.24) is 9.55 Å². The van der Waals surface area contributed by atoms with Gasteiger partial charge in [0.15, 0.2) is 0 Å². The Bertz CT molecular complexity index is 668. The molecule has 0 spiro atoms. The SMILES string of the molecule is C.C.C.Cc1cn(C2CC(OCC(=O)O)C(CO)O2)c(=O)[nH]c1=O.[3HH].[NH]=[V]. The number of nitrogens with zero attached hydrogens (tertiary/aromatic N) is 1. The van der Waals surface area contributed by atoms with Gasteiger partial charge in [-0.3, -0.25) is 14.3 Å². The Morgan fingerprint density at radius 2 is 2.04 bits per heavy atom. The molecule has 0 aromatic carbocycles. The molecule has 0 aliphatic carbocycles. The van der Waals surface area contributed by atoms with Crippen LogP contribution in [0, 0.1) is 11.1 Å². The van der Waals surface area contributed by atoms with E-state index in [4.69, 9.17) is 18.8 Å². The molecule has 0 saturated carbocycles. The summed E-state index contributed by atoms with van der Waals surface area (Å²) < 4.78 is 17.5. The Kier molecular flexibility index (Phi) is 15.3. The second kappa shape index (κ2) is 13.6. The van der Waals surface area contributed by atoms with Gasteiger partial charge < -0.3 is 19.7 Å². The number of aliphatic carboxylic acids is 1. The molecule has 1 aliphatic heterocycles. The quantitative estimate of drug-likeness (QED) is 0.557. The molecule has 1 aromatic heterocycles. The van der Waals surface area contributed by atoms with Gasteiger partial charge in [0.25, 0.3) is 5.56 Å². The van der Waals surface area contributed by atoms with Crippen LogP contribution in [0.25, 0.3) is 0 Å². The molecule has 3 unspecified atom stereocenters. The zero-order valence-corrected chi connectivity index (χ0v) is 13.7. The van der Waals surface area contributed by atoms with Gasteiger partial charge in [0.2, 0.25) is 0 Å². The zero-order valence-electron chi connectivity index (χ0n) is 12.3. The summed E-state index contributed by atoms with van der Waals surface area (Å²) in [6.45, 7) is 0.667. The Morgan fingerprint density at radius 3 is 2.54 bits per heavy atom. The summed E-state index contributed by atoms with van der Waals surface area (Å²) in [6, 6.07) is 0. The second-order valence-corrected chi connectivity index (χ2v) is 4.77. The average Bonchev–Trinajstić information content (AvgIpc) is 2.94. The molecular weight excluding hydrogens is 385 g/mol. The number of aryl methyl sites for hydroxylation is 1. The van der Waals surface area contributed by atoms with Crippen LogP contribution in [0.2, 0.25) is 0 Å². The molecule has 2 rings (SSSR count). The average molecular weight is 418 g/mol. The van der Waals surface area contributed by atoms with Gasteiger partial charge in [-0.15, -0.1) is 0 Å². The normalized spacial score (nSPS) is 20.4. The van der Waals surface area contributed by atoms with Gasteiger partial charge in [0.05, 0.1) is 12.7 Å². The fourth-order valence-corrected chi connectivity index (χ4v) is 2.19. The Labute approximate surface area is 163 Å². The fraction of sp³-hybridized carbons (Fsp3) is 0.667. The molecule has 11 heteroatoms. The maximum absolute atomic E-state index is 11.8. The number of H-pyrrole nitrogens is 1. The zero-order chi connectivity index (χ0) is 17.6. The molecule has 0 bridgehead atoms. The predicted octanol–water partition coefficient (Wildman–Crippen LogP) is 1.04. The van der Waals surface area contributed by atoms with E-state index in [1.807, 2.05) is 0 Å². The van der Waals surface area contributed by atoms with E-state index in [0.717, 1.165) is 0 Å². The van der Waals surface area contributed by atoms with E-state index in [0.29, 0.717) is 5.56 Å². The number of carboxylic acids is 1. The van der Waals surface area contributed by atoms with Crippen molar-refractivity contribution in [1.29, 1.82) is 4.21 Å². The van der Waals surface area contributed by atoms with Crippen LogP contribution >= 0.6 is 0 Å². The van der Waals surface area contributed by atoms with Gasteiger partial charge in [-0.25, -0.2) is 9.59 Å². The monoisotopic (exact) mass is 418 g/mol. The number of nitrogens with one attached hydrogen (secondary N) is 2. The third-order valence-electron chi connectivity index (χ3n) is 3.24. The van der Waals surface area contributed by atoms with E-state index in [2.05, 4.69) is 4.98 Å². The first-order valence-corrected chi connectivity index (χ1v) is 7.26. The summed E-state index contributed by atoms with van der Waals surface area (Å²) in [7, 11) is 0. The maximum atomic E-state index is 11.8. The van der Waals surface area contributed by atoms with Crippen LogP contribution in [-0.2, 0) is 31.5 Å². The fourth-order valence-electron chi connectivity index (χ4n) is 2.19. The van der Waals surface area contributed by atoms with Gasteiger partial charge in [0, 0.05) is 19.6 Å². The van der Waals surface area contributed by atoms with Crippen molar-refractivity contribution < 1.29 is 43.1 Å². The summed E-state index contributed by atoms with van der Waals surface area (Å²) in [5.41, 5.74) is -0.772. The van der Waals surface area contributed by atoms with E-state index in [-0.39, 0.29) is 36.7 Å². The van der Waals surface area contributed by atoms with Crippen molar-refractivity contribution in [3.05, 3.63) is 32.6 Å². The number of aromatic amines is 1. The van der Waals surface area contributed by atoms with E-state index in [9.17, 15) is 19.5 Å². The molecule has 1 fully saturated rings. The van der Waals surface area contributed by atoms with E-state index < -0.39 is 42.3 Å². The molecule has 2 heterocycles. The Hall–Kier alpha value is -1.59. The summed E-state index contributed by atoms with van der Waals surface area (Å²) in [5.74, 6) is -1.13. The van der Waals surface area contributed by atoms with Crippen molar-refractivity contribution in [3.63, 3.8) is 0 Å². The summed E-state index contributed by atoms with van der Waals surface area (Å²) in [4.78, 5) is 35.8. The molecule has 26 heavy (non-hydrogen) atoms. The number of carbonyl (C=O) groups is 1. The molecule has 153 valence electrons. The summed E-state index contributed by atoms with van der Waals surface area (Å²) in [6.07, 6.45) is -0.545. The van der Waals surface area contributed by atoms with Crippen LogP contribution in [0.15, 0.2) is 15.8 Å². The first-order valence-electron chi connectivity index (χ1n) is 6.56. The number of aromatic nitrogens is 2. The first-order chi connectivity index (χ1) is 10.9. The summed E-state index contributed by atoms with van der Waals surface area (Å²) >= 11 is 1.56. The molecule has 1 aromatic rings. The van der Waals surface area contributed by atoms with Crippen LogP contribution < -0.4 is 11.2 Å². The van der Waals surface area contributed by atoms with Crippen molar-refractivity contribution in [3.8, 4) is 0 Å². The molecule has 1 aliphatic rings. The van der Waals surface area contributed by atoms with Crippen molar-refractivity contribution in [2.24, 2.45) is 0 Å². The number of aliphatic hydroxyl groups excluding tert-OH is 1. The van der Waals surface area contributed by atoms with Gasteiger partial charge in [-0.1, -0.05) is 22.3 Å². The molecule has 4 N–H and O–H groups in total. The van der Waals surface area contributed by atoms with Crippen molar-refractivity contribution >= 4 is 5.97 Å². The third kappa shape index (κ3) is 7.34. The predicted molar refractivity (Wildman–Crippen MR) is 94.1 cm³/mol. The van der Waals surface area contributed by atoms with Gasteiger partial charge >= 0.3 is 33.1 Å². The van der Waals surface area contributed by atoms with Gasteiger partial charge in [0.1, 0.15) is 18.9 Å². The number of hydrogen-bond donors (Lipinski definition) is 4. The van der Waals surface area contributed by atoms with Gasteiger partial charge in [-0.2, -0.15) is 0 Å². The minimum absolute atomic E-state index is 0. The van der Waals surface area contributed by atoms with Gasteiger partial charge in [-0.05, 0) is 6.92 Å². The van der Waals surface area contributed by atoms with Crippen LogP contribution in [0.4, 0.5) is 0 Å². The topological polar surface area (TPSA) is 155 Å². The van der Waals surface area contributed by atoms with Crippen molar-refractivity contribution in [2.45, 2.75) is 54.1 Å². The third-order valence-corrected chi connectivity index (χ3v) is 3.24. The van der Waals surface area contributed by atoms with Crippen LogP contribution in [-0.4, -0.2) is 51.2 Å². The van der Waals surface area contributed by atoms with Crippen LogP contribution in [0.1, 0.15) is 41.9 Å². The van der Waals surface area contributed by atoms with Crippen molar-refractivity contribution in [2.75, 3.05) is 13.2 Å². The van der Waals surface area contributed by atoms with E-state index in [1.165, 1.54) is 10.8 Å². The molecular formula is C15H31N3O7V. The Balaban J connectivity index is -0.000000426. The number of rotatable bonds is 5. The minimum atomic E-state index is -1.13. The summed E-state index contributed by atoms with van der Waals surface area (Å²) in [5, 5.41) is 17.8. The Morgan fingerprint density at radius 1 is 1.46 bits per heavy atom. The second-order valence-electron chi connectivity index (χ2n) is 4.77. The number of ether oxygens (including phenoxy) is 2. The first kappa shape index (κ1) is 29.2. The van der Waals surface area contributed by atoms with E-state index >= 15 is 0 Å². The molecule has 0 amide bonds. The molecule has 1 saturated heterocycles. The molecule has 10 nitrogen and oxygen atoms in total. The molecule has 3 atom stereocenters. The molecule has 0 radical (unpaired) electrons. The number of hydrogen-bond acceptors (Lipinski definition) is 7. The number of carboxylic acid groups (broad SMARTS) is 1. The standard InChI is InChI=1S/C12H16N2O7.3CH4.HN.V.H2/c1-6-3-14(12(19)13-11(6)18)9-2-7(8(4-15)21-9)20-5-10(16)17;;;;;;/h3,7-9,15H,2,4-5H2,1H3,(H,16,17)(H,13,18,19);3*1H4;1H;;1H/i;;;;;;1+2. The number of aliphatic hydroxyl groups is 1.